The Morgan fingerprint density at radius 3 is 2.25 bits per heavy atom. The molecule has 0 saturated carbocycles. The summed E-state index contributed by atoms with van der Waals surface area (Å²) in [6.45, 7) is 4.40. The minimum absolute atomic E-state index is 0.0362. The summed E-state index contributed by atoms with van der Waals surface area (Å²) < 4.78 is 16.1. The minimum Gasteiger partial charge on any atom is -0.481 e. The van der Waals surface area contributed by atoms with Gasteiger partial charge in [0.05, 0.1) is 28.7 Å². The number of hydrogen-bond acceptors (Lipinski definition) is 14. The first-order valence-corrected chi connectivity index (χ1v) is 16.1. The standard InChI is InChI=1S/C30H43N3O14S/c1-30(2,3)29(44)45-13-14-5-6-18(46-28-24(40)22(38)23(39)25(47-28)27(42)43)16(9-14)33-20(35)7-8-32-26(41)15(12-31)10-17(34)19(48-4)11-21(36)37/h5-6,9,15,19,22-25,28,38-40H,7-8,10-13,31H2,1-4H3,(H,32,41)(H,33,35)(H,36,37)(H,42,43)/t15-,19?,22-,23?,24-,25?,28?/m0/s1. The Morgan fingerprint density at radius 2 is 1.69 bits per heavy atom. The van der Waals surface area contributed by atoms with Crippen molar-refractivity contribution in [1.82, 2.24) is 5.32 Å². The number of carbonyl (C=O) groups is 6. The van der Waals surface area contributed by atoms with Crippen LogP contribution in [0.25, 0.3) is 0 Å². The van der Waals surface area contributed by atoms with Crippen molar-refractivity contribution in [3.8, 4) is 5.75 Å². The van der Waals surface area contributed by atoms with Crippen molar-refractivity contribution in [2.45, 2.75) is 82.6 Å². The van der Waals surface area contributed by atoms with E-state index in [2.05, 4.69) is 10.6 Å². The fraction of sp³-hybridized carbons (Fsp3) is 0.600. The number of anilines is 1. The number of amides is 2. The average molecular weight is 702 g/mol. The van der Waals surface area contributed by atoms with E-state index in [9.17, 15) is 49.2 Å². The lowest BCUT2D eigenvalue weighted by molar-refractivity contribution is -0.271. The fourth-order valence-electron chi connectivity index (χ4n) is 4.31. The van der Waals surface area contributed by atoms with Crippen LogP contribution in [-0.2, 0) is 44.8 Å². The van der Waals surface area contributed by atoms with Gasteiger partial charge in [0.25, 0.3) is 0 Å². The van der Waals surface area contributed by atoms with Crippen molar-refractivity contribution in [3.63, 3.8) is 0 Å². The van der Waals surface area contributed by atoms with Gasteiger partial charge in [-0.05, 0) is 44.7 Å². The summed E-state index contributed by atoms with van der Waals surface area (Å²) in [6, 6.07) is 4.16. The van der Waals surface area contributed by atoms with Crippen LogP contribution < -0.4 is 21.1 Å². The van der Waals surface area contributed by atoms with Crippen LogP contribution in [0.1, 0.15) is 45.6 Å². The summed E-state index contributed by atoms with van der Waals surface area (Å²) >= 11 is 1.05. The SMILES string of the molecule is CSC(CC(=O)O)C(=O)C[C@@H](CN)C(=O)NCCC(=O)Nc1cc(COC(=O)C(C)(C)C)ccc1OC1OC(C(=O)O)C(O)[C@H](O)[C@@H]1O. The lowest BCUT2D eigenvalue weighted by Gasteiger charge is -2.38. The van der Waals surface area contributed by atoms with Crippen molar-refractivity contribution >= 4 is 53.0 Å². The molecule has 1 aromatic rings. The number of thioether (sulfide) groups is 1. The summed E-state index contributed by atoms with van der Waals surface area (Å²) in [6.07, 6.45) is -8.93. The van der Waals surface area contributed by atoms with Gasteiger partial charge in [0.1, 0.15) is 36.5 Å². The third-order valence-electron chi connectivity index (χ3n) is 7.11. The first kappa shape index (κ1) is 40.4. The second-order valence-electron chi connectivity index (χ2n) is 12.0. The molecule has 9 N–H and O–H groups in total. The number of ketones is 1. The molecule has 48 heavy (non-hydrogen) atoms. The van der Waals surface area contributed by atoms with Crippen LogP contribution in [-0.4, -0.2) is 116 Å². The highest BCUT2D eigenvalue weighted by atomic mass is 32.2. The Morgan fingerprint density at radius 1 is 1.02 bits per heavy atom. The molecule has 7 atom stereocenters. The van der Waals surface area contributed by atoms with E-state index in [0.717, 1.165) is 11.8 Å². The molecule has 17 nitrogen and oxygen atoms in total. The number of aliphatic hydroxyl groups is 3. The molecule has 2 amide bonds. The van der Waals surface area contributed by atoms with Crippen molar-refractivity contribution < 1.29 is 68.5 Å². The molecule has 0 spiro atoms. The Bertz CT molecular complexity index is 1340. The van der Waals surface area contributed by atoms with Crippen molar-refractivity contribution in [1.29, 1.82) is 0 Å². The van der Waals surface area contributed by atoms with Crippen LogP contribution in [0, 0.1) is 11.3 Å². The molecule has 1 aromatic carbocycles. The molecule has 1 fully saturated rings. The molecule has 0 aliphatic carbocycles. The Balaban J connectivity index is 2.16. The summed E-state index contributed by atoms with van der Waals surface area (Å²) in [7, 11) is 0. The predicted octanol–water partition coefficient (Wildman–Crippen LogP) is -0.768. The second kappa shape index (κ2) is 18.1. The maximum absolute atomic E-state index is 12.9. The second-order valence-corrected chi connectivity index (χ2v) is 13.1. The van der Waals surface area contributed by atoms with Crippen molar-refractivity contribution in [2.24, 2.45) is 17.1 Å². The van der Waals surface area contributed by atoms with Crippen LogP contribution in [0.3, 0.4) is 0 Å². The van der Waals surface area contributed by atoms with Crippen molar-refractivity contribution in [2.75, 3.05) is 24.7 Å². The first-order chi connectivity index (χ1) is 22.4. The smallest absolute Gasteiger partial charge is 0.335 e. The van der Waals surface area contributed by atoms with E-state index in [1.807, 2.05) is 0 Å². The van der Waals surface area contributed by atoms with Gasteiger partial charge in [-0.25, -0.2) is 4.79 Å². The Kier molecular flexibility index (Phi) is 15.2. The summed E-state index contributed by atoms with van der Waals surface area (Å²) in [5.41, 5.74) is 5.24. The minimum atomic E-state index is -1.96. The molecular weight excluding hydrogens is 658 g/mol. The molecule has 268 valence electrons. The summed E-state index contributed by atoms with van der Waals surface area (Å²) in [5, 5.41) is 53.1. The molecule has 1 aliphatic rings. The van der Waals surface area contributed by atoms with Gasteiger partial charge < -0.3 is 56.1 Å². The first-order valence-electron chi connectivity index (χ1n) is 14.8. The number of nitrogens with two attached hydrogens (primary N) is 1. The summed E-state index contributed by atoms with van der Waals surface area (Å²) in [4.78, 5) is 72.9. The highest BCUT2D eigenvalue weighted by molar-refractivity contribution is 7.99. The summed E-state index contributed by atoms with van der Waals surface area (Å²) in [5.74, 6) is -6.11. The van der Waals surface area contributed by atoms with Gasteiger partial charge in [0, 0.05) is 25.9 Å². The molecule has 18 heteroatoms. The molecule has 4 unspecified atom stereocenters. The van der Waals surface area contributed by atoms with Crippen LogP contribution >= 0.6 is 11.8 Å². The van der Waals surface area contributed by atoms with Crippen LogP contribution in [0.2, 0.25) is 0 Å². The number of ether oxygens (including phenoxy) is 3. The van der Waals surface area contributed by atoms with Crippen LogP contribution in [0.15, 0.2) is 18.2 Å². The number of carboxylic acid groups (broad SMARTS) is 2. The number of aliphatic hydroxyl groups excluding tert-OH is 3. The topological polar surface area (TPSA) is 281 Å². The largest absolute Gasteiger partial charge is 0.481 e. The molecule has 1 saturated heterocycles. The predicted molar refractivity (Wildman–Crippen MR) is 169 cm³/mol. The third-order valence-corrected chi connectivity index (χ3v) is 8.11. The van der Waals surface area contributed by atoms with Crippen molar-refractivity contribution in [3.05, 3.63) is 23.8 Å². The zero-order chi connectivity index (χ0) is 36.3. The molecule has 2 rings (SSSR count). The molecule has 0 bridgehead atoms. The molecular formula is C30H43N3O14S. The van der Waals surface area contributed by atoms with Gasteiger partial charge >= 0.3 is 17.9 Å². The Labute approximate surface area is 280 Å². The highest BCUT2D eigenvalue weighted by Crippen LogP contribution is 2.31. The number of carbonyl (C=O) groups excluding carboxylic acids is 4. The van der Waals surface area contributed by atoms with E-state index in [0.29, 0.717) is 5.56 Å². The third kappa shape index (κ3) is 11.7. The van der Waals surface area contributed by atoms with Gasteiger partial charge in [-0.1, -0.05) is 6.07 Å². The number of hydrogen-bond donors (Lipinski definition) is 8. The van der Waals surface area contributed by atoms with E-state index in [4.69, 9.17) is 25.1 Å². The maximum atomic E-state index is 12.9. The maximum Gasteiger partial charge on any atom is 0.335 e. The number of Topliss-reactive ketones (excluding diaryl/α,β-unsaturated/α-hetero) is 1. The van der Waals surface area contributed by atoms with Crippen LogP contribution in [0.5, 0.6) is 5.75 Å². The fourth-order valence-corrected chi connectivity index (χ4v) is 4.98. The van der Waals surface area contributed by atoms with Gasteiger partial charge in [0.2, 0.25) is 18.1 Å². The number of benzene rings is 1. The zero-order valence-electron chi connectivity index (χ0n) is 26.9. The lowest BCUT2D eigenvalue weighted by Crippen LogP contribution is -2.61. The highest BCUT2D eigenvalue weighted by Gasteiger charge is 2.48. The molecule has 0 aromatic heterocycles. The zero-order valence-corrected chi connectivity index (χ0v) is 27.7. The monoisotopic (exact) mass is 701 g/mol. The normalized spacial score (nSPS) is 22.1. The van der Waals surface area contributed by atoms with Gasteiger partial charge in [-0.2, -0.15) is 11.8 Å². The number of nitrogens with one attached hydrogen (secondary N) is 2. The number of carboxylic acids is 2. The molecule has 1 heterocycles. The van der Waals surface area contributed by atoms with E-state index in [1.54, 1.807) is 27.0 Å². The number of rotatable bonds is 17. The van der Waals surface area contributed by atoms with Gasteiger partial charge in [-0.15, -0.1) is 0 Å². The number of esters is 1. The van der Waals surface area contributed by atoms with E-state index in [-0.39, 0.29) is 44.0 Å². The quantitative estimate of drug-likeness (QED) is 0.0926. The van der Waals surface area contributed by atoms with E-state index < -0.39 is 89.2 Å². The Hall–Kier alpha value is -3.81. The van der Waals surface area contributed by atoms with E-state index in [1.165, 1.54) is 18.2 Å². The molecule has 1 aliphatic heterocycles. The molecule has 0 radical (unpaired) electrons. The average Bonchev–Trinajstić information content (AvgIpc) is 3.01. The lowest BCUT2D eigenvalue weighted by atomic mass is 9.97. The van der Waals surface area contributed by atoms with Crippen LogP contribution in [0.4, 0.5) is 5.69 Å². The van der Waals surface area contributed by atoms with Gasteiger partial charge in [0.15, 0.2) is 6.10 Å². The van der Waals surface area contributed by atoms with E-state index >= 15 is 0 Å². The number of aliphatic carboxylic acids is 2. The van der Waals surface area contributed by atoms with Gasteiger partial charge in [-0.3, -0.25) is 24.0 Å².